The third kappa shape index (κ3) is 3.18. The van der Waals surface area contributed by atoms with E-state index < -0.39 is 0 Å². The topological polar surface area (TPSA) is 63.5 Å². The number of carbonyl (C=O) groups is 1. The molecule has 0 bridgehead atoms. The van der Waals surface area contributed by atoms with Crippen LogP contribution in [0.15, 0.2) is 30.7 Å². The number of amides is 1. The van der Waals surface area contributed by atoms with Gasteiger partial charge in [-0.15, -0.1) is 0 Å². The molecule has 7 nitrogen and oxygen atoms in total. The zero-order valence-corrected chi connectivity index (χ0v) is 14.5. The lowest BCUT2D eigenvalue weighted by molar-refractivity contribution is -0.136. The molecule has 0 saturated carbocycles. The Morgan fingerprint density at radius 1 is 1.20 bits per heavy atom. The molecule has 0 aromatic carbocycles. The minimum atomic E-state index is 0.0763. The third-order valence-electron chi connectivity index (χ3n) is 5.16. The molecule has 0 spiro atoms. The number of rotatable bonds is 3. The minimum Gasteiger partial charge on any atom is -0.495 e. The molecule has 4 heterocycles. The maximum absolute atomic E-state index is 12.9. The average Bonchev–Trinajstić information content (AvgIpc) is 3.15. The fraction of sp³-hybridized carbons (Fsp3) is 0.500. The summed E-state index contributed by atoms with van der Waals surface area (Å²) in [5, 5.41) is 0. The smallest absolute Gasteiger partial charge is 0.227 e. The number of methoxy groups -OCH3 is 1. The molecular formula is C18H23N5O2. The molecule has 0 N–H and O–H groups in total. The number of ether oxygens (including phenoxy) is 1. The first-order valence-electron chi connectivity index (χ1n) is 8.78. The number of carbonyl (C=O) groups excluding carboxylic acids is 1. The summed E-state index contributed by atoms with van der Waals surface area (Å²) in [7, 11) is 1.64. The number of hydrogen-bond acceptors (Lipinski definition) is 5. The molecule has 2 aliphatic heterocycles. The quantitative estimate of drug-likeness (QED) is 0.839. The van der Waals surface area contributed by atoms with Crippen molar-refractivity contribution in [2.45, 2.75) is 19.4 Å². The second-order valence-corrected chi connectivity index (χ2v) is 6.60. The zero-order valence-electron chi connectivity index (χ0n) is 14.5. The van der Waals surface area contributed by atoms with Crippen LogP contribution in [0.5, 0.6) is 5.75 Å². The van der Waals surface area contributed by atoms with E-state index in [1.807, 2.05) is 29.4 Å². The molecule has 7 heteroatoms. The lowest BCUT2D eigenvalue weighted by atomic mass is 9.97. The summed E-state index contributed by atoms with van der Waals surface area (Å²) < 4.78 is 7.27. The Morgan fingerprint density at radius 3 is 2.76 bits per heavy atom. The van der Waals surface area contributed by atoms with Crippen molar-refractivity contribution in [1.29, 1.82) is 0 Å². The Balaban J connectivity index is 1.34. The number of fused-ring (bicyclic) bond motifs is 1. The minimum absolute atomic E-state index is 0.0763. The van der Waals surface area contributed by atoms with Crippen LogP contribution < -0.4 is 9.64 Å². The van der Waals surface area contributed by atoms with Gasteiger partial charge in [0.2, 0.25) is 5.91 Å². The Hall–Kier alpha value is -2.57. The van der Waals surface area contributed by atoms with Crippen LogP contribution in [-0.4, -0.2) is 58.6 Å². The van der Waals surface area contributed by atoms with Crippen molar-refractivity contribution >= 4 is 11.7 Å². The molecule has 1 unspecified atom stereocenters. The Bertz CT molecular complexity index is 734. The van der Waals surface area contributed by atoms with Gasteiger partial charge >= 0.3 is 0 Å². The molecule has 0 radical (unpaired) electrons. The molecule has 2 aromatic rings. The highest BCUT2D eigenvalue weighted by molar-refractivity contribution is 5.79. The van der Waals surface area contributed by atoms with Crippen LogP contribution in [0.4, 0.5) is 5.82 Å². The predicted octanol–water partition coefficient (Wildman–Crippen LogP) is 1.20. The highest BCUT2D eigenvalue weighted by Gasteiger charge is 2.30. The molecule has 132 valence electrons. The standard InChI is InChI=1S/C18H23N5O2/c1-25-15-3-5-17(20-12-15)21-8-10-22(11-9-21)18(24)14-2-4-16-19-6-7-23(16)13-14/h3,5-7,12,14H,2,4,8-11,13H2,1H3. The van der Waals surface area contributed by atoms with Gasteiger partial charge < -0.3 is 19.1 Å². The van der Waals surface area contributed by atoms with E-state index in [4.69, 9.17) is 4.74 Å². The van der Waals surface area contributed by atoms with Crippen molar-refractivity contribution < 1.29 is 9.53 Å². The zero-order chi connectivity index (χ0) is 17.2. The van der Waals surface area contributed by atoms with Gasteiger partial charge in [0.05, 0.1) is 19.2 Å². The van der Waals surface area contributed by atoms with E-state index in [0.717, 1.165) is 63.0 Å². The second-order valence-electron chi connectivity index (χ2n) is 6.60. The van der Waals surface area contributed by atoms with Crippen LogP contribution in [0.25, 0.3) is 0 Å². The molecule has 1 atom stereocenters. The van der Waals surface area contributed by atoms with Gasteiger partial charge in [-0.25, -0.2) is 9.97 Å². The monoisotopic (exact) mass is 341 g/mol. The molecule has 1 fully saturated rings. The van der Waals surface area contributed by atoms with Gasteiger partial charge in [-0.2, -0.15) is 0 Å². The second kappa shape index (κ2) is 6.74. The van der Waals surface area contributed by atoms with Crippen LogP contribution in [0.2, 0.25) is 0 Å². The molecule has 4 rings (SSSR count). The number of hydrogen-bond donors (Lipinski definition) is 0. The van der Waals surface area contributed by atoms with Crippen LogP contribution in [-0.2, 0) is 17.8 Å². The fourth-order valence-electron chi connectivity index (χ4n) is 3.66. The van der Waals surface area contributed by atoms with E-state index in [1.54, 1.807) is 13.3 Å². The Labute approximate surface area is 147 Å². The molecular weight excluding hydrogens is 318 g/mol. The largest absolute Gasteiger partial charge is 0.495 e. The van der Waals surface area contributed by atoms with E-state index in [-0.39, 0.29) is 11.8 Å². The van der Waals surface area contributed by atoms with Crippen molar-refractivity contribution in [1.82, 2.24) is 19.4 Å². The van der Waals surface area contributed by atoms with Crippen molar-refractivity contribution in [3.8, 4) is 5.75 Å². The number of imidazole rings is 1. The van der Waals surface area contributed by atoms with E-state index in [2.05, 4.69) is 19.4 Å². The van der Waals surface area contributed by atoms with E-state index >= 15 is 0 Å². The van der Waals surface area contributed by atoms with Crippen LogP contribution in [0.1, 0.15) is 12.2 Å². The summed E-state index contributed by atoms with van der Waals surface area (Å²) in [5.41, 5.74) is 0. The molecule has 2 aliphatic rings. The van der Waals surface area contributed by atoms with Crippen LogP contribution in [0, 0.1) is 5.92 Å². The van der Waals surface area contributed by atoms with Crippen molar-refractivity contribution in [3.05, 3.63) is 36.5 Å². The van der Waals surface area contributed by atoms with Gasteiger partial charge in [0, 0.05) is 51.5 Å². The SMILES string of the molecule is COc1ccc(N2CCN(C(=O)C3CCc4nccn4C3)CC2)nc1. The Kier molecular flexibility index (Phi) is 4.29. The summed E-state index contributed by atoms with van der Waals surface area (Å²) in [6, 6.07) is 3.89. The molecule has 0 aliphatic carbocycles. The first-order chi connectivity index (χ1) is 12.2. The van der Waals surface area contributed by atoms with Crippen molar-refractivity contribution in [2.24, 2.45) is 5.92 Å². The number of aryl methyl sites for hydroxylation is 1. The first kappa shape index (κ1) is 15.9. The van der Waals surface area contributed by atoms with Gasteiger partial charge in [-0.1, -0.05) is 0 Å². The van der Waals surface area contributed by atoms with Gasteiger partial charge in [0.15, 0.2) is 0 Å². The Morgan fingerprint density at radius 2 is 2.04 bits per heavy atom. The lowest BCUT2D eigenvalue weighted by Gasteiger charge is -2.37. The summed E-state index contributed by atoms with van der Waals surface area (Å²) in [5.74, 6) is 3.15. The maximum Gasteiger partial charge on any atom is 0.227 e. The van der Waals surface area contributed by atoms with E-state index in [9.17, 15) is 4.79 Å². The number of piperazine rings is 1. The van der Waals surface area contributed by atoms with Gasteiger partial charge in [-0.05, 0) is 18.6 Å². The normalized spacial score (nSPS) is 20.3. The summed E-state index contributed by atoms with van der Waals surface area (Å²) in [4.78, 5) is 25.9. The molecule has 2 aromatic heterocycles. The summed E-state index contributed by atoms with van der Waals surface area (Å²) in [6.45, 7) is 3.89. The van der Waals surface area contributed by atoms with Gasteiger partial charge in [-0.3, -0.25) is 4.79 Å². The van der Waals surface area contributed by atoms with Gasteiger partial charge in [0.25, 0.3) is 0 Å². The maximum atomic E-state index is 12.9. The molecule has 1 amide bonds. The number of pyridine rings is 1. The third-order valence-corrected chi connectivity index (χ3v) is 5.16. The first-order valence-corrected chi connectivity index (χ1v) is 8.78. The van der Waals surface area contributed by atoms with Crippen LogP contribution >= 0.6 is 0 Å². The van der Waals surface area contributed by atoms with Crippen LogP contribution in [0.3, 0.4) is 0 Å². The average molecular weight is 341 g/mol. The number of aromatic nitrogens is 3. The molecule has 1 saturated heterocycles. The summed E-state index contributed by atoms with van der Waals surface area (Å²) in [6.07, 6.45) is 7.32. The highest BCUT2D eigenvalue weighted by atomic mass is 16.5. The fourth-order valence-corrected chi connectivity index (χ4v) is 3.66. The lowest BCUT2D eigenvalue weighted by Crippen LogP contribution is -2.51. The highest BCUT2D eigenvalue weighted by Crippen LogP contribution is 2.22. The molecule has 25 heavy (non-hydrogen) atoms. The van der Waals surface area contributed by atoms with E-state index in [0.29, 0.717) is 0 Å². The van der Waals surface area contributed by atoms with Crippen molar-refractivity contribution in [3.63, 3.8) is 0 Å². The predicted molar refractivity (Wildman–Crippen MR) is 93.6 cm³/mol. The van der Waals surface area contributed by atoms with Gasteiger partial charge in [0.1, 0.15) is 17.4 Å². The number of nitrogens with zero attached hydrogens (tertiary/aromatic N) is 5. The van der Waals surface area contributed by atoms with Crippen molar-refractivity contribution in [2.75, 3.05) is 38.2 Å². The summed E-state index contributed by atoms with van der Waals surface area (Å²) >= 11 is 0. The number of anilines is 1. The van der Waals surface area contributed by atoms with E-state index in [1.165, 1.54) is 0 Å².